The second-order valence-electron chi connectivity index (χ2n) is 4.05. The Bertz CT molecular complexity index is 187. The minimum atomic E-state index is -0.0796. The third kappa shape index (κ3) is 17.5. The van der Waals surface area contributed by atoms with Gasteiger partial charge in [0.05, 0.1) is 0 Å². The van der Waals surface area contributed by atoms with E-state index in [-0.39, 0.29) is 5.91 Å². The molecule has 0 aromatic carbocycles. The molecule has 1 amide bonds. The van der Waals surface area contributed by atoms with Crippen LogP contribution in [0.3, 0.4) is 0 Å². The quantitative estimate of drug-likeness (QED) is 0.194. The van der Waals surface area contributed by atoms with Gasteiger partial charge < -0.3 is 10.4 Å². The maximum absolute atomic E-state index is 10.8. The Morgan fingerprint density at radius 3 is 1.89 bits per heavy atom. The van der Waals surface area contributed by atoms with Crippen molar-refractivity contribution in [3.8, 4) is 0 Å². The van der Waals surface area contributed by atoms with Crippen molar-refractivity contribution in [1.82, 2.24) is 5.32 Å². The average Bonchev–Trinajstić information content (AvgIpc) is 2.42. The van der Waals surface area contributed by atoms with E-state index in [2.05, 4.69) is 23.6 Å². The first-order valence-corrected chi connectivity index (χ1v) is 6.65. The number of aliphatic hydroxyl groups is 1. The molecule has 0 rings (SSSR count). The normalized spacial score (nSPS) is 9.28. The molecule has 0 aromatic rings. The molecule has 108 valence electrons. The van der Waals surface area contributed by atoms with Crippen molar-refractivity contribution in [2.75, 3.05) is 13.2 Å². The second-order valence-corrected chi connectivity index (χ2v) is 4.05. The summed E-state index contributed by atoms with van der Waals surface area (Å²) in [6.07, 6.45) is 10.6. The van der Waals surface area contributed by atoms with Gasteiger partial charge in [0.15, 0.2) is 0 Å². The van der Waals surface area contributed by atoms with Gasteiger partial charge in [-0.1, -0.05) is 45.1 Å². The smallest absolute Gasteiger partial charge is 0.243 e. The Hall–Kier alpha value is -0.910. The molecule has 0 spiro atoms. The van der Waals surface area contributed by atoms with E-state index in [1.54, 1.807) is 0 Å². The van der Waals surface area contributed by atoms with Crippen molar-refractivity contribution in [3.05, 3.63) is 12.7 Å². The van der Waals surface area contributed by atoms with E-state index in [0.717, 1.165) is 25.8 Å². The topological polar surface area (TPSA) is 101 Å². The molecule has 0 fully saturated rings. The van der Waals surface area contributed by atoms with Crippen LogP contribution in [0.15, 0.2) is 12.7 Å². The summed E-state index contributed by atoms with van der Waals surface area (Å²) in [7, 11) is 0. The van der Waals surface area contributed by atoms with Gasteiger partial charge in [-0.15, -0.1) is 0 Å². The van der Waals surface area contributed by atoms with Gasteiger partial charge in [0.2, 0.25) is 5.91 Å². The minimum absolute atomic E-state index is 0.0796. The highest BCUT2D eigenvalue weighted by molar-refractivity contribution is 5.86. The zero-order valence-corrected chi connectivity index (χ0v) is 11.4. The highest BCUT2D eigenvalue weighted by atomic mass is 16.2. The van der Waals surface area contributed by atoms with Crippen LogP contribution in [-0.4, -0.2) is 24.2 Å². The molecule has 0 aromatic heterocycles. The summed E-state index contributed by atoms with van der Waals surface area (Å²) in [6, 6.07) is 0. The van der Waals surface area contributed by atoms with Crippen LogP contribution < -0.4 is 17.0 Å². The van der Waals surface area contributed by atoms with Gasteiger partial charge in [0.1, 0.15) is 0 Å². The van der Waals surface area contributed by atoms with E-state index in [1.165, 1.54) is 38.2 Å². The fourth-order valence-electron chi connectivity index (χ4n) is 1.58. The molecule has 0 radical (unpaired) electrons. The molecule has 0 heterocycles. The summed E-state index contributed by atoms with van der Waals surface area (Å²) in [5, 5.41) is 11.4. The van der Waals surface area contributed by atoms with Crippen LogP contribution in [0.5, 0.6) is 0 Å². The molecule has 0 bridgehead atoms. The first-order valence-electron chi connectivity index (χ1n) is 6.65. The Labute approximate surface area is 111 Å². The number of carbonyl (C=O) groups excluding carboxylic acids is 1. The predicted octanol–water partition coefficient (Wildman–Crippen LogP) is 1.22. The molecule has 0 atom stereocenters. The molecule has 5 heteroatoms. The lowest BCUT2D eigenvalue weighted by molar-refractivity contribution is -0.116. The van der Waals surface area contributed by atoms with Crippen molar-refractivity contribution < 1.29 is 9.90 Å². The van der Waals surface area contributed by atoms with Gasteiger partial charge in [-0.3, -0.25) is 16.5 Å². The van der Waals surface area contributed by atoms with Gasteiger partial charge in [-0.2, -0.15) is 0 Å². The van der Waals surface area contributed by atoms with Crippen LogP contribution in [0.1, 0.15) is 51.4 Å². The lowest BCUT2D eigenvalue weighted by Crippen LogP contribution is -2.21. The standard InChI is InChI=1S/C13H25NO2.H4N2/c1-2-13(16)14-11-9-7-5-3-4-6-8-10-12-15;1-2/h2,15H,1,3-12H2,(H,14,16);1-2H2. The average molecular weight is 259 g/mol. The van der Waals surface area contributed by atoms with Gasteiger partial charge in [-0.05, 0) is 18.9 Å². The zero-order valence-electron chi connectivity index (χ0n) is 11.4. The molecule has 0 aliphatic heterocycles. The first kappa shape index (κ1) is 19.4. The number of nitrogens with two attached hydrogens (primary N) is 2. The van der Waals surface area contributed by atoms with Crippen LogP contribution in [0.4, 0.5) is 0 Å². The van der Waals surface area contributed by atoms with Gasteiger partial charge in [0, 0.05) is 13.2 Å². The largest absolute Gasteiger partial charge is 0.396 e. The SMILES string of the molecule is C=CC(=O)NCCCCCCCCCCO.NN. The summed E-state index contributed by atoms with van der Waals surface area (Å²) in [4.78, 5) is 10.8. The Morgan fingerprint density at radius 2 is 1.44 bits per heavy atom. The lowest BCUT2D eigenvalue weighted by atomic mass is 10.1. The van der Waals surface area contributed by atoms with Crippen LogP contribution in [-0.2, 0) is 4.79 Å². The Morgan fingerprint density at radius 1 is 1.00 bits per heavy atom. The minimum Gasteiger partial charge on any atom is -0.396 e. The fraction of sp³-hybridized carbons (Fsp3) is 0.769. The molecule has 0 aliphatic carbocycles. The van der Waals surface area contributed by atoms with Crippen molar-refractivity contribution in [3.63, 3.8) is 0 Å². The van der Waals surface area contributed by atoms with Crippen LogP contribution in [0, 0.1) is 0 Å². The fourth-order valence-corrected chi connectivity index (χ4v) is 1.58. The Kier molecular flexibility index (Phi) is 19.9. The van der Waals surface area contributed by atoms with Gasteiger partial charge in [0.25, 0.3) is 0 Å². The number of rotatable bonds is 11. The molecular formula is C13H29N3O2. The molecule has 0 saturated heterocycles. The number of carbonyl (C=O) groups is 1. The van der Waals surface area contributed by atoms with Crippen LogP contribution >= 0.6 is 0 Å². The molecule has 18 heavy (non-hydrogen) atoms. The predicted molar refractivity (Wildman–Crippen MR) is 75.6 cm³/mol. The molecule has 6 N–H and O–H groups in total. The second kappa shape index (κ2) is 18.5. The number of amides is 1. The van der Waals surface area contributed by atoms with Crippen molar-refractivity contribution in [1.29, 1.82) is 0 Å². The number of aliphatic hydroxyl groups excluding tert-OH is 1. The van der Waals surface area contributed by atoms with Crippen LogP contribution in [0.2, 0.25) is 0 Å². The summed E-state index contributed by atoms with van der Waals surface area (Å²) < 4.78 is 0. The molecule has 5 nitrogen and oxygen atoms in total. The first-order chi connectivity index (χ1) is 8.81. The summed E-state index contributed by atoms with van der Waals surface area (Å²) in [5.41, 5.74) is 0. The Balaban J connectivity index is 0. The molecular weight excluding hydrogens is 230 g/mol. The maximum atomic E-state index is 10.8. The van der Waals surface area contributed by atoms with E-state index in [1.807, 2.05) is 0 Å². The number of nitrogens with one attached hydrogen (secondary N) is 1. The zero-order chi connectivity index (χ0) is 14.1. The van der Waals surface area contributed by atoms with E-state index in [4.69, 9.17) is 5.11 Å². The third-order valence-corrected chi connectivity index (χ3v) is 2.57. The highest BCUT2D eigenvalue weighted by Crippen LogP contribution is 2.07. The van der Waals surface area contributed by atoms with E-state index < -0.39 is 0 Å². The van der Waals surface area contributed by atoms with E-state index in [9.17, 15) is 4.79 Å². The summed E-state index contributed by atoms with van der Waals surface area (Å²) in [5.74, 6) is 7.92. The summed E-state index contributed by atoms with van der Waals surface area (Å²) >= 11 is 0. The van der Waals surface area contributed by atoms with Gasteiger partial charge in [-0.25, -0.2) is 0 Å². The third-order valence-electron chi connectivity index (χ3n) is 2.57. The molecule has 0 unspecified atom stereocenters. The number of hydrogen-bond acceptors (Lipinski definition) is 4. The number of unbranched alkanes of at least 4 members (excludes halogenated alkanes) is 7. The number of hydrazine groups is 1. The lowest BCUT2D eigenvalue weighted by Gasteiger charge is -2.02. The van der Waals surface area contributed by atoms with Crippen molar-refractivity contribution >= 4 is 5.91 Å². The van der Waals surface area contributed by atoms with Crippen LogP contribution in [0.25, 0.3) is 0 Å². The van der Waals surface area contributed by atoms with E-state index >= 15 is 0 Å². The van der Waals surface area contributed by atoms with Crippen molar-refractivity contribution in [2.24, 2.45) is 11.7 Å². The monoisotopic (exact) mass is 259 g/mol. The number of hydrogen-bond donors (Lipinski definition) is 4. The van der Waals surface area contributed by atoms with E-state index in [0.29, 0.717) is 6.61 Å². The van der Waals surface area contributed by atoms with Crippen molar-refractivity contribution in [2.45, 2.75) is 51.4 Å². The molecule has 0 aliphatic rings. The molecule has 0 saturated carbocycles. The maximum Gasteiger partial charge on any atom is 0.243 e. The van der Waals surface area contributed by atoms with Gasteiger partial charge >= 0.3 is 0 Å². The highest BCUT2D eigenvalue weighted by Gasteiger charge is 1.94. The summed E-state index contributed by atoms with van der Waals surface area (Å²) in [6.45, 7) is 4.48.